The molecule has 1 aromatic carbocycles. The number of hydrogen-bond acceptors (Lipinski definition) is 1. The van der Waals surface area contributed by atoms with E-state index in [1.54, 1.807) is 13.0 Å². The number of aryl methyl sites for hydroxylation is 1. The number of rotatable bonds is 0. The normalized spacial score (nSPS) is 9.80. The van der Waals surface area contributed by atoms with Gasteiger partial charge in [0.1, 0.15) is 13.7 Å². The van der Waals surface area contributed by atoms with E-state index in [0.717, 1.165) is 0 Å². The summed E-state index contributed by atoms with van der Waals surface area (Å²) in [5.41, 5.74) is 6.36. The maximum absolute atomic E-state index is 12.7. The van der Waals surface area contributed by atoms with Crippen LogP contribution in [0.1, 0.15) is 5.56 Å². The van der Waals surface area contributed by atoms with Crippen molar-refractivity contribution >= 4 is 19.0 Å². The summed E-state index contributed by atoms with van der Waals surface area (Å²) in [4.78, 5) is 0. The van der Waals surface area contributed by atoms with Crippen LogP contribution in [0.3, 0.4) is 0 Å². The second-order valence-corrected chi connectivity index (χ2v) is 2.24. The Morgan fingerprint density at radius 2 is 2.10 bits per heavy atom. The van der Waals surface area contributed by atoms with Gasteiger partial charge in [0.15, 0.2) is 0 Å². The molecule has 0 aromatic heterocycles. The van der Waals surface area contributed by atoms with E-state index < -0.39 is 0 Å². The van der Waals surface area contributed by atoms with E-state index >= 15 is 0 Å². The fourth-order valence-corrected chi connectivity index (χ4v) is 0.826. The van der Waals surface area contributed by atoms with Crippen LogP contribution in [0, 0.1) is 12.7 Å². The van der Waals surface area contributed by atoms with Crippen molar-refractivity contribution in [2.45, 2.75) is 6.92 Å². The summed E-state index contributed by atoms with van der Waals surface area (Å²) in [7, 11) is 5.38. The predicted octanol–water partition coefficient (Wildman–Crippen LogP) is 0.510. The first-order chi connectivity index (χ1) is 4.61. The van der Waals surface area contributed by atoms with Crippen molar-refractivity contribution in [1.82, 2.24) is 0 Å². The minimum absolute atomic E-state index is 0.109. The first-order valence-corrected chi connectivity index (χ1v) is 2.92. The molecular weight excluding hydrogens is 128 g/mol. The molecule has 0 bridgehead atoms. The van der Waals surface area contributed by atoms with Crippen molar-refractivity contribution in [2.24, 2.45) is 0 Å². The monoisotopic (exact) mass is 135 g/mol. The summed E-state index contributed by atoms with van der Waals surface area (Å²) in [6.45, 7) is 1.63. The Kier molecular flexibility index (Phi) is 1.66. The van der Waals surface area contributed by atoms with E-state index in [2.05, 4.69) is 0 Å². The maximum Gasteiger partial charge on any atom is 0.148 e. The van der Waals surface area contributed by atoms with Gasteiger partial charge in [0, 0.05) is 0 Å². The zero-order chi connectivity index (χ0) is 7.72. The number of nitrogen functional groups attached to an aromatic ring is 1. The number of hydrogen-bond donors (Lipinski definition) is 1. The van der Waals surface area contributed by atoms with Crippen LogP contribution in [0.2, 0.25) is 0 Å². The molecule has 1 nitrogen and oxygen atoms in total. The summed E-state index contributed by atoms with van der Waals surface area (Å²) in [5, 5.41) is 0. The molecule has 0 heterocycles. The van der Waals surface area contributed by atoms with Crippen LogP contribution in [0.25, 0.3) is 0 Å². The van der Waals surface area contributed by atoms with Crippen molar-refractivity contribution in [2.75, 3.05) is 5.73 Å². The van der Waals surface area contributed by atoms with Crippen LogP contribution in [0.15, 0.2) is 12.1 Å². The summed E-state index contributed by atoms with van der Waals surface area (Å²) in [6, 6.07) is 2.95. The molecular formula is C7H7BFN. The first-order valence-electron chi connectivity index (χ1n) is 2.92. The zero-order valence-corrected chi connectivity index (χ0v) is 5.69. The molecule has 0 saturated carbocycles. The molecule has 0 aliphatic carbocycles. The van der Waals surface area contributed by atoms with Gasteiger partial charge in [-0.3, -0.25) is 0 Å². The minimum Gasteiger partial charge on any atom is -0.396 e. The number of nitrogens with two attached hydrogens (primary N) is 1. The smallest absolute Gasteiger partial charge is 0.148 e. The third-order valence-electron chi connectivity index (χ3n) is 1.31. The van der Waals surface area contributed by atoms with Crippen LogP contribution in [0.4, 0.5) is 10.1 Å². The van der Waals surface area contributed by atoms with Crippen molar-refractivity contribution in [1.29, 1.82) is 0 Å². The highest BCUT2D eigenvalue weighted by Gasteiger charge is 2.00. The summed E-state index contributed by atoms with van der Waals surface area (Å²) in [5.74, 6) is -0.380. The third kappa shape index (κ3) is 1.13. The van der Waals surface area contributed by atoms with Gasteiger partial charge in [-0.25, -0.2) is 4.39 Å². The predicted molar refractivity (Wildman–Crippen MR) is 40.9 cm³/mol. The Morgan fingerprint density at radius 1 is 1.50 bits per heavy atom. The Morgan fingerprint density at radius 3 is 2.60 bits per heavy atom. The van der Waals surface area contributed by atoms with Crippen LogP contribution in [0.5, 0.6) is 0 Å². The molecule has 0 saturated heterocycles. The number of anilines is 1. The Hall–Kier alpha value is -0.985. The Labute approximate surface area is 60.5 Å². The average molecular weight is 135 g/mol. The zero-order valence-electron chi connectivity index (χ0n) is 5.69. The second-order valence-electron chi connectivity index (χ2n) is 2.24. The summed E-state index contributed by atoms with van der Waals surface area (Å²) < 4.78 is 12.7. The van der Waals surface area contributed by atoms with E-state index in [0.29, 0.717) is 11.0 Å². The molecule has 0 aliphatic heterocycles. The van der Waals surface area contributed by atoms with Gasteiger partial charge >= 0.3 is 0 Å². The van der Waals surface area contributed by atoms with Crippen molar-refractivity contribution in [3.05, 3.63) is 23.5 Å². The third-order valence-corrected chi connectivity index (χ3v) is 1.31. The van der Waals surface area contributed by atoms with E-state index in [4.69, 9.17) is 13.6 Å². The van der Waals surface area contributed by atoms with Gasteiger partial charge < -0.3 is 5.73 Å². The van der Waals surface area contributed by atoms with E-state index in [1.165, 1.54) is 6.07 Å². The lowest BCUT2D eigenvalue weighted by Gasteiger charge is -2.01. The first kappa shape index (κ1) is 7.13. The molecule has 3 heteroatoms. The quantitative estimate of drug-likeness (QED) is 0.407. The molecule has 0 amide bonds. The fraction of sp³-hybridized carbons (Fsp3) is 0.143. The summed E-state index contributed by atoms with van der Waals surface area (Å²) >= 11 is 0. The fourth-order valence-electron chi connectivity index (χ4n) is 0.826. The minimum atomic E-state index is -0.380. The highest BCUT2D eigenvalue weighted by Crippen LogP contribution is 2.10. The van der Waals surface area contributed by atoms with Crippen molar-refractivity contribution in [3.8, 4) is 0 Å². The SMILES string of the molecule is [B]c1cc(C)c(F)c(N)c1. The summed E-state index contributed by atoms with van der Waals surface area (Å²) in [6.07, 6.45) is 0. The molecule has 0 unspecified atom stereocenters. The van der Waals surface area contributed by atoms with Crippen LogP contribution in [-0.2, 0) is 0 Å². The largest absolute Gasteiger partial charge is 0.396 e. The van der Waals surface area contributed by atoms with Gasteiger partial charge in [0.05, 0.1) is 5.69 Å². The number of halogens is 1. The molecule has 10 heavy (non-hydrogen) atoms. The molecule has 2 radical (unpaired) electrons. The lowest BCUT2D eigenvalue weighted by Crippen LogP contribution is -2.07. The molecule has 0 spiro atoms. The van der Waals surface area contributed by atoms with E-state index in [-0.39, 0.29) is 11.5 Å². The van der Waals surface area contributed by atoms with Crippen LogP contribution >= 0.6 is 0 Å². The molecule has 2 N–H and O–H groups in total. The van der Waals surface area contributed by atoms with Gasteiger partial charge in [0.25, 0.3) is 0 Å². The topological polar surface area (TPSA) is 26.0 Å². The Balaban J connectivity index is 3.31. The molecule has 1 aromatic rings. The van der Waals surface area contributed by atoms with Crippen molar-refractivity contribution in [3.63, 3.8) is 0 Å². The highest BCUT2D eigenvalue weighted by molar-refractivity contribution is 6.32. The van der Waals surface area contributed by atoms with E-state index in [1.807, 2.05) is 0 Å². The lowest BCUT2D eigenvalue weighted by molar-refractivity contribution is 0.624. The molecule has 0 atom stereocenters. The molecule has 50 valence electrons. The average Bonchev–Trinajstić information content (AvgIpc) is 1.82. The molecule has 0 fully saturated rings. The number of benzene rings is 1. The molecule has 0 aliphatic rings. The van der Waals surface area contributed by atoms with Gasteiger partial charge in [-0.15, -0.1) is 0 Å². The second kappa shape index (κ2) is 2.33. The van der Waals surface area contributed by atoms with Gasteiger partial charge in [-0.1, -0.05) is 11.5 Å². The Bertz CT molecular complexity index is 237. The highest BCUT2D eigenvalue weighted by atomic mass is 19.1. The van der Waals surface area contributed by atoms with Gasteiger partial charge in [-0.2, -0.15) is 0 Å². The standard InChI is InChI=1S/C7H7BFN/c1-4-2-5(8)3-6(10)7(4)9/h2-3H,10H2,1H3. The lowest BCUT2D eigenvalue weighted by atomic mass is 9.94. The molecule has 1 rings (SSSR count). The van der Waals surface area contributed by atoms with Gasteiger partial charge in [0.2, 0.25) is 0 Å². The van der Waals surface area contributed by atoms with Gasteiger partial charge in [-0.05, 0) is 18.6 Å². The van der Waals surface area contributed by atoms with E-state index in [9.17, 15) is 4.39 Å². The maximum atomic E-state index is 12.7. The van der Waals surface area contributed by atoms with Crippen molar-refractivity contribution < 1.29 is 4.39 Å². The van der Waals surface area contributed by atoms with Crippen LogP contribution in [-0.4, -0.2) is 7.85 Å². The van der Waals surface area contributed by atoms with Crippen LogP contribution < -0.4 is 11.2 Å².